The fourth-order valence-electron chi connectivity index (χ4n) is 2.64. The van der Waals surface area contributed by atoms with Crippen molar-refractivity contribution < 1.29 is 0 Å². The Balaban J connectivity index is 1.91. The van der Waals surface area contributed by atoms with Crippen LogP contribution in [-0.4, -0.2) is 21.1 Å². The highest BCUT2D eigenvalue weighted by molar-refractivity contribution is 5.32. The van der Waals surface area contributed by atoms with Crippen LogP contribution in [0.1, 0.15) is 36.7 Å². The zero-order chi connectivity index (χ0) is 13.1. The van der Waals surface area contributed by atoms with Gasteiger partial charge in [0, 0.05) is 18.4 Å². The van der Waals surface area contributed by atoms with E-state index in [0.29, 0.717) is 0 Å². The van der Waals surface area contributed by atoms with Crippen molar-refractivity contribution in [3.05, 3.63) is 41.6 Å². The minimum atomic E-state index is 0.892. The third kappa shape index (κ3) is 2.54. The Morgan fingerprint density at radius 1 is 1.26 bits per heavy atom. The van der Waals surface area contributed by atoms with Crippen LogP contribution < -0.4 is 5.32 Å². The van der Waals surface area contributed by atoms with Crippen molar-refractivity contribution >= 4 is 0 Å². The monoisotopic (exact) mass is 256 g/mol. The molecule has 0 atom stereocenters. The number of aromatic nitrogens is 3. The molecule has 3 rings (SSSR count). The SMILES string of the molecule is CCNCc1ccnc(-n2cnc3c2CCCC3)c1. The van der Waals surface area contributed by atoms with E-state index in [1.54, 1.807) is 0 Å². The number of nitrogens with zero attached hydrogens (tertiary/aromatic N) is 3. The molecule has 4 heteroatoms. The first-order valence-electron chi connectivity index (χ1n) is 7.09. The number of aryl methyl sites for hydroxylation is 1. The molecular weight excluding hydrogens is 236 g/mol. The van der Waals surface area contributed by atoms with Gasteiger partial charge in [0.15, 0.2) is 0 Å². The summed E-state index contributed by atoms with van der Waals surface area (Å²) in [5.41, 5.74) is 3.87. The predicted molar refractivity (Wildman–Crippen MR) is 75.4 cm³/mol. The minimum absolute atomic E-state index is 0.892. The predicted octanol–water partition coefficient (Wildman–Crippen LogP) is 2.26. The summed E-state index contributed by atoms with van der Waals surface area (Å²) in [6, 6.07) is 4.22. The van der Waals surface area contributed by atoms with Crippen molar-refractivity contribution in [2.45, 2.75) is 39.2 Å². The molecule has 1 aliphatic carbocycles. The fraction of sp³-hybridized carbons (Fsp3) is 0.467. The average molecular weight is 256 g/mol. The van der Waals surface area contributed by atoms with Gasteiger partial charge in [0.1, 0.15) is 12.1 Å². The van der Waals surface area contributed by atoms with Crippen molar-refractivity contribution in [3.8, 4) is 5.82 Å². The molecular formula is C15H20N4. The summed E-state index contributed by atoms with van der Waals surface area (Å²) in [7, 11) is 0. The zero-order valence-corrected chi connectivity index (χ0v) is 11.4. The van der Waals surface area contributed by atoms with Crippen molar-refractivity contribution in [3.63, 3.8) is 0 Å². The topological polar surface area (TPSA) is 42.7 Å². The van der Waals surface area contributed by atoms with Gasteiger partial charge in [-0.2, -0.15) is 0 Å². The minimum Gasteiger partial charge on any atom is -0.313 e. The standard InChI is InChI=1S/C15H20N4/c1-2-16-10-12-7-8-17-15(9-12)19-11-18-13-5-3-4-6-14(13)19/h7-9,11,16H,2-6,10H2,1H3. The van der Waals surface area contributed by atoms with Crippen LogP contribution in [0.15, 0.2) is 24.7 Å². The fourth-order valence-corrected chi connectivity index (χ4v) is 2.64. The third-order valence-electron chi connectivity index (χ3n) is 3.67. The summed E-state index contributed by atoms with van der Waals surface area (Å²) in [5.74, 6) is 0.992. The molecule has 0 saturated heterocycles. The maximum atomic E-state index is 4.53. The van der Waals surface area contributed by atoms with Crippen LogP contribution in [-0.2, 0) is 19.4 Å². The van der Waals surface area contributed by atoms with Gasteiger partial charge in [-0.05, 0) is 49.9 Å². The van der Waals surface area contributed by atoms with Crippen molar-refractivity contribution in [1.29, 1.82) is 0 Å². The summed E-state index contributed by atoms with van der Waals surface area (Å²) in [6.07, 6.45) is 8.56. The van der Waals surface area contributed by atoms with Crippen LogP contribution in [0.4, 0.5) is 0 Å². The maximum absolute atomic E-state index is 4.53. The molecule has 0 aliphatic heterocycles. The number of hydrogen-bond donors (Lipinski definition) is 1. The van der Waals surface area contributed by atoms with Crippen LogP contribution in [0.25, 0.3) is 5.82 Å². The normalized spacial score (nSPS) is 14.4. The first kappa shape index (κ1) is 12.4. The lowest BCUT2D eigenvalue weighted by atomic mass is 10.0. The molecule has 0 radical (unpaired) electrons. The summed E-state index contributed by atoms with van der Waals surface area (Å²) in [5, 5.41) is 3.35. The smallest absolute Gasteiger partial charge is 0.138 e. The third-order valence-corrected chi connectivity index (χ3v) is 3.67. The Bertz CT molecular complexity index is 559. The highest BCUT2D eigenvalue weighted by Crippen LogP contribution is 2.22. The van der Waals surface area contributed by atoms with Gasteiger partial charge in [-0.1, -0.05) is 6.92 Å². The van der Waals surface area contributed by atoms with Crippen LogP contribution >= 0.6 is 0 Å². The molecule has 0 bridgehead atoms. The maximum Gasteiger partial charge on any atom is 0.138 e. The van der Waals surface area contributed by atoms with Gasteiger partial charge in [0.2, 0.25) is 0 Å². The Hall–Kier alpha value is -1.68. The van der Waals surface area contributed by atoms with Crippen LogP contribution in [0, 0.1) is 0 Å². The number of rotatable bonds is 4. The summed E-state index contributed by atoms with van der Waals surface area (Å²) >= 11 is 0. The van der Waals surface area contributed by atoms with Crippen molar-refractivity contribution in [2.75, 3.05) is 6.54 Å². The largest absolute Gasteiger partial charge is 0.313 e. The van der Waals surface area contributed by atoms with Crippen molar-refractivity contribution in [1.82, 2.24) is 19.9 Å². The van der Waals surface area contributed by atoms with Crippen LogP contribution in [0.2, 0.25) is 0 Å². The quantitative estimate of drug-likeness (QED) is 0.912. The van der Waals surface area contributed by atoms with E-state index in [0.717, 1.165) is 31.7 Å². The van der Waals surface area contributed by atoms with E-state index in [2.05, 4.69) is 38.9 Å². The number of pyridine rings is 1. The van der Waals surface area contributed by atoms with E-state index in [9.17, 15) is 0 Å². The molecule has 0 aromatic carbocycles. The average Bonchev–Trinajstić information content (AvgIpc) is 2.89. The summed E-state index contributed by atoms with van der Waals surface area (Å²) in [4.78, 5) is 9.03. The highest BCUT2D eigenvalue weighted by atomic mass is 15.1. The van der Waals surface area contributed by atoms with E-state index < -0.39 is 0 Å². The molecule has 4 nitrogen and oxygen atoms in total. The van der Waals surface area contributed by atoms with E-state index in [-0.39, 0.29) is 0 Å². The van der Waals surface area contributed by atoms with Gasteiger partial charge in [0.25, 0.3) is 0 Å². The Kier molecular flexibility index (Phi) is 3.60. The second kappa shape index (κ2) is 5.53. The second-order valence-electron chi connectivity index (χ2n) is 5.02. The molecule has 0 saturated carbocycles. The lowest BCUT2D eigenvalue weighted by Crippen LogP contribution is -2.13. The van der Waals surface area contributed by atoms with Gasteiger partial charge in [-0.25, -0.2) is 9.97 Å². The van der Waals surface area contributed by atoms with Crippen molar-refractivity contribution in [2.24, 2.45) is 0 Å². The van der Waals surface area contributed by atoms with Crippen LogP contribution in [0.5, 0.6) is 0 Å². The van der Waals surface area contributed by atoms with Gasteiger partial charge < -0.3 is 5.32 Å². The van der Waals surface area contributed by atoms with Crippen LogP contribution in [0.3, 0.4) is 0 Å². The molecule has 0 unspecified atom stereocenters. The molecule has 0 spiro atoms. The Morgan fingerprint density at radius 2 is 2.16 bits per heavy atom. The molecule has 1 N–H and O–H groups in total. The number of hydrogen-bond acceptors (Lipinski definition) is 3. The van der Waals surface area contributed by atoms with E-state index in [1.807, 2.05) is 12.5 Å². The van der Waals surface area contributed by atoms with E-state index >= 15 is 0 Å². The molecule has 2 aromatic rings. The Labute approximate surface area is 113 Å². The zero-order valence-electron chi connectivity index (χ0n) is 11.4. The first-order valence-corrected chi connectivity index (χ1v) is 7.09. The lowest BCUT2D eigenvalue weighted by molar-refractivity contribution is 0.653. The summed E-state index contributed by atoms with van der Waals surface area (Å²) in [6.45, 7) is 4.00. The van der Waals surface area contributed by atoms with Gasteiger partial charge in [-0.3, -0.25) is 4.57 Å². The molecule has 2 aromatic heterocycles. The molecule has 0 fully saturated rings. The molecule has 1 aliphatic rings. The molecule has 100 valence electrons. The number of nitrogens with one attached hydrogen (secondary N) is 1. The van der Waals surface area contributed by atoms with E-state index in [4.69, 9.17) is 0 Å². The highest BCUT2D eigenvalue weighted by Gasteiger charge is 2.16. The van der Waals surface area contributed by atoms with Gasteiger partial charge >= 0.3 is 0 Å². The molecule has 0 amide bonds. The summed E-state index contributed by atoms with van der Waals surface area (Å²) < 4.78 is 2.16. The number of imidazole rings is 1. The Morgan fingerprint density at radius 3 is 3.05 bits per heavy atom. The first-order chi connectivity index (χ1) is 9.38. The van der Waals surface area contributed by atoms with E-state index in [1.165, 1.54) is 29.8 Å². The van der Waals surface area contributed by atoms with Gasteiger partial charge in [-0.15, -0.1) is 0 Å². The second-order valence-corrected chi connectivity index (χ2v) is 5.02. The molecule has 2 heterocycles. The number of fused-ring (bicyclic) bond motifs is 1. The lowest BCUT2D eigenvalue weighted by Gasteiger charge is -2.14. The van der Waals surface area contributed by atoms with Gasteiger partial charge in [0.05, 0.1) is 5.69 Å². The molecule has 19 heavy (non-hydrogen) atoms.